The van der Waals surface area contributed by atoms with E-state index < -0.39 is 0 Å². The summed E-state index contributed by atoms with van der Waals surface area (Å²) in [6, 6.07) is 0.607. The van der Waals surface area contributed by atoms with Crippen LogP contribution in [0, 0.1) is 5.92 Å². The molecule has 3 unspecified atom stereocenters. The molecule has 1 aliphatic heterocycles. The number of rotatable bonds is 4. The van der Waals surface area contributed by atoms with Gasteiger partial charge in [-0.15, -0.1) is 0 Å². The van der Waals surface area contributed by atoms with Gasteiger partial charge in [0.05, 0.1) is 0 Å². The molecule has 4 nitrogen and oxygen atoms in total. The number of nitrogens with one attached hydrogen (secondary N) is 1. The van der Waals surface area contributed by atoms with Gasteiger partial charge in [0.1, 0.15) is 0 Å². The van der Waals surface area contributed by atoms with Crippen molar-refractivity contribution in [2.45, 2.75) is 52.1 Å². The summed E-state index contributed by atoms with van der Waals surface area (Å²) in [5.74, 6) is 0.736. The van der Waals surface area contributed by atoms with E-state index in [1.165, 1.54) is 0 Å². The number of methoxy groups -OCH3 is 1. The van der Waals surface area contributed by atoms with Gasteiger partial charge in [0.25, 0.3) is 0 Å². The molecule has 1 fully saturated rings. The highest BCUT2D eigenvalue weighted by Gasteiger charge is 2.27. The summed E-state index contributed by atoms with van der Waals surface area (Å²) < 4.78 is 5.01. The number of urea groups is 1. The molecule has 0 aromatic heterocycles. The van der Waals surface area contributed by atoms with Gasteiger partial charge in [-0.3, -0.25) is 0 Å². The predicted octanol–water partition coefficient (Wildman–Crippen LogP) is 2.24. The van der Waals surface area contributed by atoms with Crippen LogP contribution in [0.2, 0.25) is 0 Å². The first kappa shape index (κ1) is 14.3. The molecule has 0 saturated carbocycles. The first-order valence-electron chi connectivity index (χ1n) is 6.60. The molecule has 100 valence electrons. The van der Waals surface area contributed by atoms with Gasteiger partial charge in [0, 0.05) is 32.3 Å². The van der Waals surface area contributed by atoms with Crippen LogP contribution in [0.1, 0.15) is 40.0 Å². The zero-order valence-electron chi connectivity index (χ0n) is 11.5. The van der Waals surface area contributed by atoms with Crippen LogP contribution in [0.25, 0.3) is 0 Å². The molecule has 0 aliphatic carbocycles. The predicted molar refractivity (Wildman–Crippen MR) is 69.1 cm³/mol. The Labute approximate surface area is 105 Å². The quantitative estimate of drug-likeness (QED) is 0.821. The van der Waals surface area contributed by atoms with Crippen molar-refractivity contribution in [3.63, 3.8) is 0 Å². The first-order valence-corrected chi connectivity index (χ1v) is 6.60. The highest BCUT2D eigenvalue weighted by Crippen LogP contribution is 2.21. The molecule has 1 aliphatic rings. The lowest BCUT2D eigenvalue weighted by molar-refractivity contribution is 0.134. The van der Waals surface area contributed by atoms with Gasteiger partial charge >= 0.3 is 6.03 Å². The molecular weight excluding hydrogens is 216 g/mol. The summed E-state index contributed by atoms with van der Waals surface area (Å²) in [5.41, 5.74) is 0. The minimum atomic E-state index is 0.0769. The van der Waals surface area contributed by atoms with Gasteiger partial charge in [-0.05, 0) is 39.0 Å². The molecule has 1 heterocycles. The van der Waals surface area contributed by atoms with Crippen molar-refractivity contribution < 1.29 is 9.53 Å². The minimum absolute atomic E-state index is 0.0769. The third-order valence-electron chi connectivity index (χ3n) is 3.52. The number of piperidine rings is 1. The van der Waals surface area contributed by atoms with E-state index in [0.717, 1.165) is 31.7 Å². The number of ether oxygens (including phenoxy) is 1. The average molecular weight is 242 g/mol. The number of carbonyl (C=O) groups is 1. The van der Waals surface area contributed by atoms with Crippen LogP contribution in [0.4, 0.5) is 4.79 Å². The van der Waals surface area contributed by atoms with E-state index in [2.05, 4.69) is 19.2 Å². The highest BCUT2D eigenvalue weighted by molar-refractivity contribution is 5.74. The number of hydrogen-bond acceptors (Lipinski definition) is 2. The van der Waals surface area contributed by atoms with Gasteiger partial charge in [0.15, 0.2) is 0 Å². The molecule has 3 atom stereocenters. The fourth-order valence-corrected chi connectivity index (χ4v) is 2.37. The van der Waals surface area contributed by atoms with Crippen molar-refractivity contribution in [3.8, 4) is 0 Å². The van der Waals surface area contributed by atoms with Crippen molar-refractivity contribution in [1.29, 1.82) is 0 Å². The number of carbonyl (C=O) groups excluding carboxylic acids is 1. The van der Waals surface area contributed by atoms with Crippen molar-refractivity contribution in [2.24, 2.45) is 5.92 Å². The number of likely N-dealkylation sites (tertiary alicyclic amines) is 1. The summed E-state index contributed by atoms with van der Waals surface area (Å²) in [7, 11) is 1.68. The molecule has 4 heteroatoms. The van der Waals surface area contributed by atoms with Gasteiger partial charge in [0.2, 0.25) is 0 Å². The zero-order chi connectivity index (χ0) is 12.8. The Bertz CT molecular complexity index is 246. The Kier molecular flexibility index (Phi) is 5.75. The molecule has 1 N–H and O–H groups in total. The molecule has 0 spiro atoms. The third kappa shape index (κ3) is 4.54. The summed E-state index contributed by atoms with van der Waals surface area (Å²) >= 11 is 0. The number of nitrogens with zero attached hydrogens (tertiary/aromatic N) is 1. The Morgan fingerprint density at radius 2 is 2.24 bits per heavy atom. The first-order chi connectivity index (χ1) is 8.04. The van der Waals surface area contributed by atoms with E-state index in [0.29, 0.717) is 12.6 Å². The van der Waals surface area contributed by atoms with Crippen molar-refractivity contribution in [2.75, 3.05) is 20.3 Å². The third-order valence-corrected chi connectivity index (χ3v) is 3.52. The maximum absolute atomic E-state index is 12.1. The molecular formula is C13H26N2O2. The van der Waals surface area contributed by atoms with Crippen LogP contribution in [0.3, 0.4) is 0 Å². The lowest BCUT2D eigenvalue weighted by Crippen LogP contribution is -2.51. The van der Waals surface area contributed by atoms with Gasteiger partial charge < -0.3 is 15.0 Å². The van der Waals surface area contributed by atoms with E-state index in [-0.39, 0.29) is 12.1 Å². The summed E-state index contributed by atoms with van der Waals surface area (Å²) in [6.07, 6.45) is 3.09. The average Bonchev–Trinajstić information content (AvgIpc) is 2.26. The molecule has 17 heavy (non-hydrogen) atoms. The van der Waals surface area contributed by atoms with Crippen LogP contribution < -0.4 is 5.32 Å². The van der Waals surface area contributed by atoms with E-state index in [1.54, 1.807) is 7.11 Å². The topological polar surface area (TPSA) is 41.6 Å². The molecule has 1 saturated heterocycles. The lowest BCUT2D eigenvalue weighted by atomic mass is 9.94. The van der Waals surface area contributed by atoms with Crippen molar-refractivity contribution >= 4 is 6.03 Å². The van der Waals surface area contributed by atoms with E-state index >= 15 is 0 Å². The highest BCUT2D eigenvalue weighted by atomic mass is 16.5. The summed E-state index contributed by atoms with van der Waals surface area (Å²) in [4.78, 5) is 14.0. The van der Waals surface area contributed by atoms with Gasteiger partial charge in [-0.25, -0.2) is 4.79 Å². The van der Waals surface area contributed by atoms with Crippen LogP contribution >= 0.6 is 0 Å². The monoisotopic (exact) mass is 242 g/mol. The second-order valence-electron chi connectivity index (χ2n) is 5.30. The maximum atomic E-state index is 12.1. The van der Waals surface area contributed by atoms with E-state index in [4.69, 9.17) is 4.74 Å². The normalized spacial score (nSPS) is 26.7. The Hall–Kier alpha value is -0.770. The largest absolute Gasteiger partial charge is 0.385 e. The molecule has 0 bridgehead atoms. The van der Waals surface area contributed by atoms with E-state index in [1.807, 2.05) is 11.8 Å². The van der Waals surface area contributed by atoms with Crippen LogP contribution in [-0.2, 0) is 4.74 Å². The van der Waals surface area contributed by atoms with Crippen LogP contribution in [0.15, 0.2) is 0 Å². The maximum Gasteiger partial charge on any atom is 0.317 e. The van der Waals surface area contributed by atoms with Crippen molar-refractivity contribution in [3.05, 3.63) is 0 Å². The number of hydrogen-bond donors (Lipinski definition) is 1. The van der Waals surface area contributed by atoms with Crippen LogP contribution in [-0.4, -0.2) is 43.3 Å². The second-order valence-corrected chi connectivity index (χ2v) is 5.30. The Morgan fingerprint density at radius 3 is 2.82 bits per heavy atom. The van der Waals surface area contributed by atoms with E-state index in [9.17, 15) is 4.79 Å². The SMILES string of the molecule is COCCC(C)NC(=O)N1CCC(C)CC1C. The number of amides is 2. The van der Waals surface area contributed by atoms with Gasteiger partial charge in [-0.1, -0.05) is 6.92 Å². The van der Waals surface area contributed by atoms with Crippen molar-refractivity contribution in [1.82, 2.24) is 10.2 Å². The smallest absolute Gasteiger partial charge is 0.317 e. The molecule has 1 rings (SSSR count). The lowest BCUT2D eigenvalue weighted by Gasteiger charge is -2.37. The molecule has 0 radical (unpaired) electrons. The second kappa shape index (κ2) is 6.84. The summed E-state index contributed by atoms with van der Waals surface area (Å²) in [6.45, 7) is 7.98. The summed E-state index contributed by atoms with van der Waals surface area (Å²) in [5, 5.41) is 3.04. The van der Waals surface area contributed by atoms with Gasteiger partial charge in [-0.2, -0.15) is 0 Å². The standard InChI is InChI=1S/C13H26N2O2/c1-10-5-7-15(12(3)9-10)13(16)14-11(2)6-8-17-4/h10-12H,5-9H2,1-4H3,(H,14,16). The fourth-order valence-electron chi connectivity index (χ4n) is 2.37. The molecule has 0 aromatic rings. The molecule has 0 aromatic carbocycles. The fraction of sp³-hybridized carbons (Fsp3) is 0.923. The zero-order valence-corrected chi connectivity index (χ0v) is 11.5. The molecule has 2 amide bonds. The Morgan fingerprint density at radius 1 is 1.53 bits per heavy atom. The minimum Gasteiger partial charge on any atom is -0.385 e. The Balaban J connectivity index is 2.36. The van der Waals surface area contributed by atoms with Crippen LogP contribution in [0.5, 0.6) is 0 Å².